The van der Waals surface area contributed by atoms with Crippen molar-refractivity contribution in [2.45, 2.75) is 44.7 Å². The lowest BCUT2D eigenvalue weighted by molar-refractivity contribution is -0.262. The summed E-state index contributed by atoms with van der Waals surface area (Å²) in [6, 6.07) is 15.0. The molecule has 0 amide bonds. The van der Waals surface area contributed by atoms with Gasteiger partial charge in [0.05, 0.1) is 27.4 Å². The van der Waals surface area contributed by atoms with E-state index in [2.05, 4.69) is 6.58 Å². The fraction of sp³-hybridized carbons (Fsp3) is 0.400. The Morgan fingerprint density at radius 2 is 1.36 bits per heavy atom. The second-order valence-corrected chi connectivity index (χ2v) is 7.47. The normalized spacial score (nSPS) is 22.4. The molecule has 178 valence electrons. The monoisotopic (exact) mass is 458 g/mol. The zero-order valence-corrected chi connectivity index (χ0v) is 19.3. The number of benzene rings is 2. The molecule has 0 bridgehead atoms. The Morgan fingerprint density at radius 1 is 0.848 bits per heavy atom. The van der Waals surface area contributed by atoms with E-state index in [9.17, 15) is 4.79 Å². The lowest BCUT2D eigenvalue weighted by atomic mass is 10.0. The molecule has 33 heavy (non-hydrogen) atoms. The number of hydrogen-bond donors (Lipinski definition) is 0. The zero-order valence-electron chi connectivity index (χ0n) is 19.3. The number of esters is 1. The molecular formula is C25H30O8. The highest BCUT2D eigenvalue weighted by atomic mass is 16.7. The maximum atomic E-state index is 11.8. The molecule has 4 atom stereocenters. The number of carbonyl (C=O) groups excluding carboxylic acids is 1. The largest absolute Gasteiger partial charge is 0.497 e. The SMILES string of the molecule is C=C1O[C@@H](OC)[C@H](OC(C)=O)[C@@H](OCc2ccc(OC)cc2)[C@@H]1OCc1ccc(OC)cc1. The highest BCUT2D eigenvalue weighted by molar-refractivity contribution is 5.66. The Bertz CT molecular complexity index is 909. The zero-order chi connectivity index (χ0) is 23.8. The van der Waals surface area contributed by atoms with E-state index in [0.717, 1.165) is 22.6 Å². The van der Waals surface area contributed by atoms with Gasteiger partial charge in [-0.05, 0) is 35.4 Å². The number of ether oxygens (including phenoxy) is 7. The van der Waals surface area contributed by atoms with Crippen molar-refractivity contribution in [3.63, 3.8) is 0 Å². The molecule has 0 unspecified atom stereocenters. The van der Waals surface area contributed by atoms with Crippen LogP contribution in [0.1, 0.15) is 18.1 Å². The fourth-order valence-corrected chi connectivity index (χ4v) is 3.48. The van der Waals surface area contributed by atoms with E-state index in [1.54, 1.807) is 14.2 Å². The predicted octanol–water partition coefficient (Wildman–Crippen LogP) is 3.62. The van der Waals surface area contributed by atoms with E-state index in [4.69, 9.17) is 33.2 Å². The van der Waals surface area contributed by atoms with E-state index in [1.807, 2.05) is 48.5 Å². The second-order valence-electron chi connectivity index (χ2n) is 7.47. The van der Waals surface area contributed by atoms with Gasteiger partial charge in [0, 0.05) is 14.0 Å². The van der Waals surface area contributed by atoms with Gasteiger partial charge in [-0.3, -0.25) is 4.79 Å². The molecule has 1 fully saturated rings. The van der Waals surface area contributed by atoms with Gasteiger partial charge in [-0.25, -0.2) is 0 Å². The van der Waals surface area contributed by atoms with Crippen LogP contribution in [0.2, 0.25) is 0 Å². The third-order valence-corrected chi connectivity index (χ3v) is 5.20. The first-order chi connectivity index (χ1) is 15.9. The molecule has 1 aliphatic rings. The molecule has 1 heterocycles. The van der Waals surface area contributed by atoms with Crippen molar-refractivity contribution in [2.75, 3.05) is 21.3 Å². The molecular weight excluding hydrogens is 428 g/mol. The first-order valence-electron chi connectivity index (χ1n) is 10.5. The summed E-state index contributed by atoms with van der Waals surface area (Å²) in [7, 11) is 4.69. The maximum absolute atomic E-state index is 11.8. The van der Waals surface area contributed by atoms with Crippen LogP contribution in [0.15, 0.2) is 60.9 Å². The van der Waals surface area contributed by atoms with Gasteiger partial charge in [-0.2, -0.15) is 0 Å². The molecule has 0 N–H and O–H groups in total. The average molecular weight is 459 g/mol. The summed E-state index contributed by atoms with van der Waals surface area (Å²) >= 11 is 0. The van der Waals surface area contributed by atoms with Crippen LogP contribution in [0, 0.1) is 0 Å². The van der Waals surface area contributed by atoms with Crippen LogP contribution in [-0.4, -0.2) is 51.9 Å². The van der Waals surface area contributed by atoms with Crippen LogP contribution in [0.25, 0.3) is 0 Å². The molecule has 1 aliphatic heterocycles. The smallest absolute Gasteiger partial charge is 0.303 e. The summed E-state index contributed by atoms with van der Waals surface area (Å²) in [6.45, 7) is 5.83. The van der Waals surface area contributed by atoms with Crippen LogP contribution in [-0.2, 0) is 41.7 Å². The van der Waals surface area contributed by atoms with Crippen LogP contribution >= 0.6 is 0 Å². The minimum absolute atomic E-state index is 0.249. The highest BCUT2D eigenvalue weighted by Crippen LogP contribution is 2.31. The molecule has 2 aromatic rings. The maximum Gasteiger partial charge on any atom is 0.303 e. The van der Waals surface area contributed by atoms with Crippen molar-refractivity contribution in [3.8, 4) is 11.5 Å². The molecule has 0 aliphatic carbocycles. The van der Waals surface area contributed by atoms with E-state index in [-0.39, 0.29) is 13.2 Å². The predicted molar refractivity (Wildman–Crippen MR) is 120 cm³/mol. The van der Waals surface area contributed by atoms with E-state index in [1.165, 1.54) is 14.0 Å². The van der Waals surface area contributed by atoms with Crippen LogP contribution < -0.4 is 9.47 Å². The first kappa shape index (κ1) is 24.6. The summed E-state index contributed by atoms with van der Waals surface area (Å²) in [5.74, 6) is 1.35. The van der Waals surface area contributed by atoms with Crippen molar-refractivity contribution >= 4 is 5.97 Å². The Balaban J connectivity index is 1.79. The van der Waals surface area contributed by atoms with Gasteiger partial charge in [0.1, 0.15) is 29.5 Å². The van der Waals surface area contributed by atoms with Crippen LogP contribution in [0.3, 0.4) is 0 Å². The van der Waals surface area contributed by atoms with Gasteiger partial charge in [0.2, 0.25) is 6.29 Å². The molecule has 0 aromatic heterocycles. The van der Waals surface area contributed by atoms with Gasteiger partial charge >= 0.3 is 5.97 Å². The first-order valence-corrected chi connectivity index (χ1v) is 10.5. The van der Waals surface area contributed by atoms with Gasteiger partial charge in [0.25, 0.3) is 0 Å². The van der Waals surface area contributed by atoms with E-state index >= 15 is 0 Å². The van der Waals surface area contributed by atoms with Crippen molar-refractivity contribution in [1.29, 1.82) is 0 Å². The van der Waals surface area contributed by atoms with E-state index in [0.29, 0.717) is 5.76 Å². The Hall–Kier alpha value is -3.07. The Kier molecular flexibility index (Phi) is 8.71. The van der Waals surface area contributed by atoms with Gasteiger partial charge in [-0.15, -0.1) is 0 Å². The van der Waals surface area contributed by atoms with Gasteiger partial charge in [0.15, 0.2) is 6.10 Å². The van der Waals surface area contributed by atoms with Gasteiger partial charge < -0.3 is 33.2 Å². The summed E-state index contributed by atoms with van der Waals surface area (Å²) in [5.41, 5.74) is 1.84. The average Bonchev–Trinajstić information content (AvgIpc) is 2.83. The topological polar surface area (TPSA) is 81.7 Å². The number of rotatable bonds is 10. The summed E-state index contributed by atoms with van der Waals surface area (Å²) in [4.78, 5) is 11.8. The lowest BCUT2D eigenvalue weighted by Gasteiger charge is -2.41. The highest BCUT2D eigenvalue weighted by Gasteiger charge is 2.47. The molecule has 0 radical (unpaired) electrons. The molecule has 3 rings (SSSR count). The molecule has 1 saturated heterocycles. The molecule has 8 nitrogen and oxygen atoms in total. The number of hydrogen-bond acceptors (Lipinski definition) is 8. The van der Waals surface area contributed by atoms with Crippen molar-refractivity contribution in [2.24, 2.45) is 0 Å². The number of carbonyl (C=O) groups is 1. The Labute approximate surface area is 193 Å². The summed E-state index contributed by atoms with van der Waals surface area (Å²) < 4.78 is 39.4. The molecule has 0 saturated carbocycles. The third kappa shape index (κ3) is 6.47. The van der Waals surface area contributed by atoms with Crippen molar-refractivity contribution < 1.29 is 38.0 Å². The Morgan fingerprint density at radius 3 is 1.82 bits per heavy atom. The van der Waals surface area contributed by atoms with E-state index < -0.39 is 30.6 Å². The fourth-order valence-electron chi connectivity index (χ4n) is 3.48. The quantitative estimate of drug-likeness (QED) is 0.500. The molecule has 8 heteroatoms. The van der Waals surface area contributed by atoms with Crippen molar-refractivity contribution in [3.05, 3.63) is 72.0 Å². The van der Waals surface area contributed by atoms with Crippen LogP contribution in [0.4, 0.5) is 0 Å². The van der Waals surface area contributed by atoms with Crippen molar-refractivity contribution in [1.82, 2.24) is 0 Å². The summed E-state index contributed by atoms with van der Waals surface area (Å²) in [5, 5.41) is 0. The minimum Gasteiger partial charge on any atom is -0.497 e. The lowest BCUT2D eigenvalue weighted by Crippen LogP contribution is -2.55. The standard InChI is InChI=1S/C25H30O8/c1-16-22(30-14-18-6-10-20(27-3)11-7-18)23(24(33-17(2)26)25(29-5)32-16)31-15-19-8-12-21(28-4)13-9-19/h6-13,22-25H,1,14-15H2,2-5H3/t22-,23+,24-,25-/m1/s1. The number of methoxy groups -OCH3 is 3. The van der Waals surface area contributed by atoms with Gasteiger partial charge in [-0.1, -0.05) is 30.8 Å². The summed E-state index contributed by atoms with van der Waals surface area (Å²) in [6.07, 6.45) is -3.12. The molecule has 0 spiro atoms. The minimum atomic E-state index is -0.872. The third-order valence-electron chi connectivity index (χ3n) is 5.20. The molecule has 2 aromatic carbocycles. The van der Waals surface area contributed by atoms with Crippen LogP contribution in [0.5, 0.6) is 11.5 Å². The second kappa shape index (κ2) is 11.7.